The van der Waals surface area contributed by atoms with Gasteiger partial charge in [0.05, 0.1) is 12.9 Å². The molecule has 1 aliphatic rings. The molecule has 0 radical (unpaired) electrons. The van der Waals surface area contributed by atoms with Gasteiger partial charge < -0.3 is 4.74 Å². The maximum Gasteiger partial charge on any atom is 0.317 e. The van der Waals surface area contributed by atoms with Crippen LogP contribution in [0.25, 0.3) is 5.57 Å². The molecule has 0 saturated heterocycles. The van der Waals surface area contributed by atoms with Gasteiger partial charge in [-0.3, -0.25) is 14.3 Å². The Hall–Kier alpha value is -3.00. The van der Waals surface area contributed by atoms with Crippen LogP contribution in [0, 0.1) is 11.7 Å². The molecule has 0 amide bonds. The van der Waals surface area contributed by atoms with E-state index >= 15 is 0 Å². The molecule has 158 valence electrons. The lowest BCUT2D eigenvalue weighted by molar-refractivity contribution is -0.151. The van der Waals surface area contributed by atoms with Crippen LogP contribution in [0.5, 0.6) is 0 Å². The van der Waals surface area contributed by atoms with Gasteiger partial charge in [-0.2, -0.15) is 0 Å². The number of carbonyl (C=O) groups is 2. The van der Waals surface area contributed by atoms with Crippen LogP contribution in [0.1, 0.15) is 30.4 Å². The number of halogens is 1. The van der Waals surface area contributed by atoms with Crippen LogP contribution in [-0.2, 0) is 24.3 Å². The highest BCUT2D eigenvalue weighted by atomic mass is 32.2. The number of ketones is 1. The Balaban J connectivity index is 2.03. The number of ether oxygens (including phenoxy) is 1. The molecule has 2 atom stereocenters. The summed E-state index contributed by atoms with van der Waals surface area (Å²) in [5, 5.41) is 0. The first-order chi connectivity index (χ1) is 14.2. The van der Waals surface area contributed by atoms with Gasteiger partial charge in [-0.1, -0.05) is 30.3 Å². The van der Waals surface area contributed by atoms with Gasteiger partial charge in [0.25, 0.3) is 0 Å². The minimum Gasteiger partial charge on any atom is -0.465 e. The molecule has 1 aliphatic carbocycles. The second-order valence-electron chi connectivity index (χ2n) is 7.09. The average Bonchev–Trinajstić information content (AvgIpc) is 2.66. The van der Waals surface area contributed by atoms with E-state index in [1.807, 2.05) is 0 Å². The van der Waals surface area contributed by atoms with Gasteiger partial charge in [0.2, 0.25) is 10.0 Å². The monoisotopic (exact) mass is 431 g/mol. The smallest absolute Gasteiger partial charge is 0.317 e. The summed E-state index contributed by atoms with van der Waals surface area (Å²) < 4.78 is 45.1. The summed E-state index contributed by atoms with van der Waals surface area (Å²) in [6.07, 6.45) is 2.62. The third kappa shape index (κ3) is 4.94. The van der Waals surface area contributed by atoms with E-state index < -0.39 is 39.4 Å². The first kappa shape index (κ1) is 21.7. The van der Waals surface area contributed by atoms with Crippen molar-refractivity contribution in [3.05, 3.63) is 71.6 Å². The van der Waals surface area contributed by atoms with Crippen molar-refractivity contribution in [3.8, 4) is 0 Å². The van der Waals surface area contributed by atoms with Gasteiger partial charge in [-0.05, 0) is 54.3 Å². The molecule has 8 heteroatoms. The van der Waals surface area contributed by atoms with E-state index in [2.05, 4.69) is 4.72 Å². The number of allylic oxidation sites excluding steroid dienone is 2. The number of carbonyl (C=O) groups excluding carboxylic acids is 2. The lowest BCUT2D eigenvalue weighted by Crippen LogP contribution is -2.34. The summed E-state index contributed by atoms with van der Waals surface area (Å²) in [7, 11) is -3.47. The zero-order valence-corrected chi connectivity index (χ0v) is 17.4. The average molecular weight is 431 g/mol. The van der Waals surface area contributed by atoms with Crippen molar-refractivity contribution in [1.29, 1.82) is 0 Å². The molecule has 0 bridgehead atoms. The predicted molar refractivity (Wildman–Crippen MR) is 112 cm³/mol. The number of sulfonamides is 1. The van der Waals surface area contributed by atoms with Gasteiger partial charge in [0.15, 0.2) is 5.78 Å². The Labute approximate surface area is 174 Å². The number of esters is 1. The van der Waals surface area contributed by atoms with E-state index in [-0.39, 0.29) is 18.6 Å². The highest BCUT2D eigenvalue weighted by molar-refractivity contribution is 7.92. The fourth-order valence-corrected chi connectivity index (χ4v) is 4.20. The summed E-state index contributed by atoms with van der Waals surface area (Å²) in [5.41, 5.74) is 1.81. The quantitative estimate of drug-likeness (QED) is 0.558. The molecule has 30 heavy (non-hydrogen) atoms. The Bertz CT molecular complexity index is 1110. The van der Waals surface area contributed by atoms with E-state index in [0.29, 0.717) is 16.8 Å². The minimum absolute atomic E-state index is 0.113. The number of nitrogens with one attached hydrogen (secondary N) is 1. The summed E-state index contributed by atoms with van der Waals surface area (Å²) in [5.74, 6) is -3.52. The van der Waals surface area contributed by atoms with Crippen LogP contribution < -0.4 is 4.72 Å². The zero-order valence-electron chi connectivity index (χ0n) is 16.6. The molecule has 0 aromatic heterocycles. The van der Waals surface area contributed by atoms with Crippen molar-refractivity contribution in [3.63, 3.8) is 0 Å². The third-order valence-electron chi connectivity index (χ3n) is 4.85. The summed E-state index contributed by atoms with van der Waals surface area (Å²) in [6, 6.07) is 12.6. The van der Waals surface area contributed by atoms with Crippen molar-refractivity contribution in [2.45, 2.75) is 19.3 Å². The molecule has 2 aromatic carbocycles. The maximum atomic E-state index is 14.5. The number of hydrogen-bond donors (Lipinski definition) is 1. The third-order valence-corrected chi connectivity index (χ3v) is 5.45. The van der Waals surface area contributed by atoms with Crippen LogP contribution in [0.4, 0.5) is 10.1 Å². The topological polar surface area (TPSA) is 89.5 Å². The van der Waals surface area contributed by atoms with Crippen LogP contribution in [0.3, 0.4) is 0 Å². The standard InChI is InChI=1S/C22H22FNO5S/c1-3-29-22(26)21-18(17-9-4-5-10-19(17)23)12-15(13-20(21)25)14-7-6-8-16(11-14)24-30(2,27)28/h4-11,13,18,21,24H,3,12H2,1-2H3/t18-,21+/m1/s1. The largest absolute Gasteiger partial charge is 0.465 e. The molecule has 0 aliphatic heterocycles. The molecule has 0 fully saturated rings. The molecule has 0 unspecified atom stereocenters. The van der Waals surface area contributed by atoms with Crippen molar-refractivity contribution < 1.29 is 27.1 Å². The van der Waals surface area contributed by atoms with Crippen molar-refractivity contribution >= 4 is 33.0 Å². The molecular formula is C22H22FNO5S. The fourth-order valence-electron chi connectivity index (χ4n) is 3.65. The van der Waals surface area contributed by atoms with Gasteiger partial charge >= 0.3 is 5.97 Å². The van der Waals surface area contributed by atoms with Crippen molar-refractivity contribution in [2.75, 3.05) is 17.6 Å². The molecule has 1 N–H and O–H groups in total. The highest BCUT2D eigenvalue weighted by Crippen LogP contribution is 2.41. The first-order valence-corrected chi connectivity index (χ1v) is 11.3. The Kier molecular flexibility index (Phi) is 6.36. The normalized spacial score (nSPS) is 19.2. The predicted octanol–water partition coefficient (Wildman–Crippen LogP) is 3.52. The molecule has 0 saturated carbocycles. The van der Waals surface area contributed by atoms with Gasteiger partial charge in [-0.15, -0.1) is 0 Å². The second kappa shape index (κ2) is 8.79. The molecular weight excluding hydrogens is 409 g/mol. The number of rotatable bonds is 6. The maximum absolute atomic E-state index is 14.5. The molecule has 3 rings (SSSR count). The van der Waals surface area contributed by atoms with E-state index in [1.54, 1.807) is 49.4 Å². The Morgan fingerprint density at radius 1 is 1.20 bits per heavy atom. The highest BCUT2D eigenvalue weighted by Gasteiger charge is 2.40. The van der Waals surface area contributed by atoms with E-state index in [1.165, 1.54) is 12.1 Å². The Morgan fingerprint density at radius 2 is 1.93 bits per heavy atom. The second-order valence-corrected chi connectivity index (χ2v) is 8.84. The van der Waals surface area contributed by atoms with Crippen LogP contribution in [0.15, 0.2) is 54.6 Å². The van der Waals surface area contributed by atoms with Crippen molar-refractivity contribution in [1.82, 2.24) is 0 Å². The molecule has 0 heterocycles. The summed E-state index contributed by atoms with van der Waals surface area (Å²) >= 11 is 0. The number of benzene rings is 2. The lowest BCUT2D eigenvalue weighted by atomic mass is 9.73. The van der Waals surface area contributed by atoms with E-state index in [0.717, 1.165) is 6.26 Å². The fraction of sp³-hybridized carbons (Fsp3) is 0.273. The zero-order chi connectivity index (χ0) is 21.9. The van der Waals surface area contributed by atoms with Gasteiger partial charge in [0.1, 0.15) is 11.7 Å². The van der Waals surface area contributed by atoms with Crippen molar-refractivity contribution in [2.24, 2.45) is 5.92 Å². The van der Waals surface area contributed by atoms with Crippen LogP contribution in [0.2, 0.25) is 0 Å². The van der Waals surface area contributed by atoms with Gasteiger partial charge in [-0.25, -0.2) is 12.8 Å². The number of anilines is 1. The summed E-state index contributed by atoms with van der Waals surface area (Å²) in [6.45, 7) is 1.76. The molecule has 0 spiro atoms. The lowest BCUT2D eigenvalue weighted by Gasteiger charge is -2.29. The molecule has 6 nitrogen and oxygen atoms in total. The Morgan fingerprint density at radius 3 is 2.60 bits per heavy atom. The minimum atomic E-state index is -3.47. The van der Waals surface area contributed by atoms with Gasteiger partial charge in [0, 0.05) is 11.6 Å². The summed E-state index contributed by atoms with van der Waals surface area (Å²) in [4.78, 5) is 25.4. The van der Waals surface area contributed by atoms with E-state index in [4.69, 9.17) is 4.74 Å². The number of hydrogen-bond acceptors (Lipinski definition) is 5. The van der Waals surface area contributed by atoms with Crippen LogP contribution >= 0.6 is 0 Å². The SMILES string of the molecule is CCOC(=O)[C@@H]1C(=O)C=C(c2cccc(NS(C)(=O)=O)c2)C[C@@H]1c1ccccc1F. The first-order valence-electron chi connectivity index (χ1n) is 9.43. The van der Waals surface area contributed by atoms with Crippen LogP contribution in [-0.4, -0.2) is 33.0 Å². The van der Waals surface area contributed by atoms with E-state index in [9.17, 15) is 22.4 Å². The molecule has 2 aromatic rings.